The van der Waals surface area contributed by atoms with Gasteiger partial charge in [0.15, 0.2) is 0 Å². The summed E-state index contributed by atoms with van der Waals surface area (Å²) in [5, 5.41) is 0. The summed E-state index contributed by atoms with van der Waals surface area (Å²) in [5.41, 5.74) is 0.416. The molecule has 2 heteroatoms. The number of hydrogen-bond donors (Lipinski definition) is 0. The van der Waals surface area contributed by atoms with Crippen LogP contribution in [0.3, 0.4) is 0 Å². The van der Waals surface area contributed by atoms with Gasteiger partial charge in [-0.05, 0) is 31.4 Å². The van der Waals surface area contributed by atoms with E-state index in [1.54, 1.807) is 0 Å². The van der Waals surface area contributed by atoms with E-state index in [1.165, 1.54) is 31.6 Å². The van der Waals surface area contributed by atoms with E-state index >= 15 is 0 Å². The van der Waals surface area contributed by atoms with Crippen LogP contribution < -0.4 is 0 Å². The van der Waals surface area contributed by atoms with Crippen LogP contribution in [0.1, 0.15) is 47.0 Å². The van der Waals surface area contributed by atoms with Gasteiger partial charge in [0.1, 0.15) is 0 Å². The molecule has 1 atom stereocenters. The first-order valence-corrected chi connectivity index (χ1v) is 7.48. The van der Waals surface area contributed by atoms with Crippen molar-refractivity contribution < 1.29 is 0 Å². The molecule has 0 aromatic carbocycles. The summed E-state index contributed by atoms with van der Waals surface area (Å²) in [4.78, 5) is 0. The highest BCUT2D eigenvalue weighted by Crippen LogP contribution is 2.46. The van der Waals surface area contributed by atoms with Crippen LogP contribution in [0.25, 0.3) is 0 Å². The zero-order valence-electron chi connectivity index (χ0n) is 8.86. The lowest BCUT2D eigenvalue weighted by Gasteiger charge is -2.21. The molecule has 0 aromatic rings. The van der Waals surface area contributed by atoms with Crippen molar-refractivity contribution >= 4 is 18.5 Å². The summed E-state index contributed by atoms with van der Waals surface area (Å²) in [7, 11) is -0.208. The van der Waals surface area contributed by atoms with Crippen molar-refractivity contribution in [1.82, 2.24) is 0 Å². The van der Waals surface area contributed by atoms with Gasteiger partial charge in [0.05, 0.1) is 0 Å². The number of halogens is 1. The highest BCUT2D eigenvalue weighted by Gasteiger charge is 2.15. The molecule has 0 bridgehead atoms. The molecule has 0 aliphatic carbocycles. The van der Waals surface area contributed by atoms with Crippen molar-refractivity contribution in [1.29, 1.82) is 0 Å². The Labute approximate surface area is 83.6 Å². The van der Waals surface area contributed by atoms with E-state index in [0.717, 1.165) is 0 Å². The summed E-state index contributed by atoms with van der Waals surface area (Å²) in [6.07, 6.45) is 6.42. The number of unbranched alkanes of at least 4 members (excludes halogenated alkanes) is 2. The maximum Gasteiger partial charge on any atom is -0.00921 e. The topological polar surface area (TPSA) is 0 Å². The van der Waals surface area contributed by atoms with Gasteiger partial charge in [0.2, 0.25) is 0 Å². The normalized spacial score (nSPS) is 14.8. The molecule has 0 amide bonds. The first kappa shape index (κ1) is 12.7. The Morgan fingerprint density at radius 3 is 2.17 bits per heavy atom. The van der Waals surface area contributed by atoms with Gasteiger partial charge in [-0.1, -0.05) is 51.8 Å². The summed E-state index contributed by atoms with van der Waals surface area (Å²) < 4.78 is 0. The molecule has 0 heterocycles. The fourth-order valence-corrected chi connectivity index (χ4v) is 4.32. The predicted octanol–water partition coefficient (Wildman–Crippen LogP) is 4.86. The SMILES string of the molecule is CCCCCP(Cl)CC(C)(C)C. The van der Waals surface area contributed by atoms with E-state index in [2.05, 4.69) is 27.7 Å². The van der Waals surface area contributed by atoms with Crippen molar-refractivity contribution in [2.24, 2.45) is 5.41 Å². The summed E-state index contributed by atoms with van der Waals surface area (Å²) >= 11 is 6.27. The zero-order chi connectivity index (χ0) is 9.61. The highest BCUT2D eigenvalue weighted by molar-refractivity contribution is 7.84. The van der Waals surface area contributed by atoms with Crippen molar-refractivity contribution in [3.63, 3.8) is 0 Å². The predicted molar refractivity (Wildman–Crippen MR) is 61.5 cm³/mol. The standard InChI is InChI=1S/C10H22ClP/c1-5-6-7-8-12(11)9-10(2,3)4/h5-9H2,1-4H3. The molecule has 0 rings (SSSR count). The Balaban J connectivity index is 3.40. The summed E-state index contributed by atoms with van der Waals surface area (Å²) in [6, 6.07) is 0. The first-order chi connectivity index (χ1) is 5.45. The van der Waals surface area contributed by atoms with E-state index in [0.29, 0.717) is 5.41 Å². The van der Waals surface area contributed by atoms with E-state index < -0.39 is 0 Å². The molecule has 1 unspecified atom stereocenters. The third-order valence-corrected chi connectivity index (χ3v) is 4.61. The Hall–Kier alpha value is 0.720. The second-order valence-electron chi connectivity index (χ2n) is 4.61. The molecule has 0 nitrogen and oxygen atoms in total. The second-order valence-corrected chi connectivity index (χ2v) is 7.74. The molecule has 74 valence electrons. The van der Waals surface area contributed by atoms with Gasteiger partial charge in [0, 0.05) is 0 Å². The zero-order valence-corrected chi connectivity index (χ0v) is 10.5. The minimum atomic E-state index is -0.208. The Morgan fingerprint density at radius 1 is 1.17 bits per heavy atom. The average Bonchev–Trinajstić information content (AvgIpc) is 1.84. The van der Waals surface area contributed by atoms with Gasteiger partial charge in [-0.25, -0.2) is 0 Å². The van der Waals surface area contributed by atoms with Crippen LogP contribution in [0.5, 0.6) is 0 Å². The van der Waals surface area contributed by atoms with Crippen LogP contribution in [0.2, 0.25) is 0 Å². The van der Waals surface area contributed by atoms with Crippen molar-refractivity contribution in [2.75, 3.05) is 12.3 Å². The van der Waals surface area contributed by atoms with Crippen LogP contribution in [-0.2, 0) is 0 Å². The maximum absolute atomic E-state index is 6.27. The van der Waals surface area contributed by atoms with Crippen LogP contribution in [0.15, 0.2) is 0 Å². The smallest absolute Gasteiger partial charge is 0.00921 e. The van der Waals surface area contributed by atoms with E-state index in [4.69, 9.17) is 11.2 Å². The Kier molecular flexibility index (Phi) is 6.59. The molecule has 0 radical (unpaired) electrons. The molecular weight excluding hydrogens is 187 g/mol. The quantitative estimate of drug-likeness (QED) is 0.447. The molecule has 0 N–H and O–H groups in total. The van der Waals surface area contributed by atoms with Crippen LogP contribution >= 0.6 is 18.5 Å². The number of rotatable bonds is 5. The molecular formula is C10H22ClP. The van der Waals surface area contributed by atoms with Crippen molar-refractivity contribution in [2.45, 2.75) is 47.0 Å². The molecule has 0 fully saturated rings. The largest absolute Gasteiger partial charge is 0.0964 e. The average molecular weight is 209 g/mol. The lowest BCUT2D eigenvalue weighted by atomic mass is 10.0. The fourth-order valence-electron chi connectivity index (χ4n) is 1.13. The monoisotopic (exact) mass is 208 g/mol. The van der Waals surface area contributed by atoms with Gasteiger partial charge in [0.25, 0.3) is 0 Å². The molecule has 12 heavy (non-hydrogen) atoms. The van der Waals surface area contributed by atoms with Gasteiger partial charge in [-0.2, -0.15) is 0 Å². The van der Waals surface area contributed by atoms with Crippen molar-refractivity contribution in [3.05, 3.63) is 0 Å². The lowest BCUT2D eigenvalue weighted by Crippen LogP contribution is -2.09. The van der Waals surface area contributed by atoms with Gasteiger partial charge < -0.3 is 0 Å². The Bertz CT molecular complexity index is 107. The second kappa shape index (κ2) is 6.22. The number of hydrogen-bond acceptors (Lipinski definition) is 0. The minimum Gasteiger partial charge on any atom is -0.0964 e. The van der Waals surface area contributed by atoms with Gasteiger partial charge >= 0.3 is 0 Å². The van der Waals surface area contributed by atoms with E-state index in [-0.39, 0.29) is 7.27 Å². The van der Waals surface area contributed by atoms with Crippen LogP contribution in [-0.4, -0.2) is 12.3 Å². The molecule has 0 aliphatic rings. The van der Waals surface area contributed by atoms with E-state index in [1.807, 2.05) is 0 Å². The summed E-state index contributed by atoms with van der Waals surface area (Å²) in [5.74, 6) is 0. The van der Waals surface area contributed by atoms with Crippen LogP contribution in [0.4, 0.5) is 0 Å². The third kappa shape index (κ3) is 8.81. The van der Waals surface area contributed by atoms with Crippen LogP contribution in [0, 0.1) is 5.41 Å². The summed E-state index contributed by atoms with van der Waals surface area (Å²) in [6.45, 7) is 9.04. The molecule has 0 saturated heterocycles. The Morgan fingerprint density at radius 2 is 1.75 bits per heavy atom. The minimum absolute atomic E-state index is 0.208. The molecule has 0 aromatic heterocycles. The molecule has 0 aliphatic heterocycles. The first-order valence-electron chi connectivity index (χ1n) is 4.86. The van der Waals surface area contributed by atoms with Gasteiger partial charge in [-0.3, -0.25) is 0 Å². The van der Waals surface area contributed by atoms with E-state index in [9.17, 15) is 0 Å². The molecule has 0 saturated carbocycles. The maximum atomic E-state index is 6.27. The van der Waals surface area contributed by atoms with Gasteiger partial charge in [-0.15, -0.1) is 0 Å². The highest BCUT2D eigenvalue weighted by atomic mass is 35.7. The third-order valence-electron chi connectivity index (χ3n) is 1.65. The fraction of sp³-hybridized carbons (Fsp3) is 1.00. The van der Waals surface area contributed by atoms with Crippen molar-refractivity contribution in [3.8, 4) is 0 Å². The molecule has 0 spiro atoms. The lowest BCUT2D eigenvalue weighted by molar-refractivity contribution is 0.478.